The fraction of sp³-hybridized carbons (Fsp3) is 0.417. The lowest BCUT2D eigenvalue weighted by molar-refractivity contribution is -0.384. The zero-order valence-electron chi connectivity index (χ0n) is 10.6. The van der Waals surface area contributed by atoms with Crippen molar-refractivity contribution in [1.82, 2.24) is 0 Å². The Hall–Kier alpha value is -2.15. The summed E-state index contributed by atoms with van der Waals surface area (Å²) in [5, 5.41) is 22.7. The molecule has 7 heteroatoms. The first-order valence-corrected chi connectivity index (χ1v) is 5.90. The van der Waals surface area contributed by atoms with Gasteiger partial charge in [0.1, 0.15) is 5.75 Å². The molecule has 0 atom stereocenters. The lowest BCUT2D eigenvalue weighted by Crippen LogP contribution is -2.13. The zero-order valence-corrected chi connectivity index (χ0v) is 10.6. The van der Waals surface area contributed by atoms with Crippen LogP contribution in [0.2, 0.25) is 0 Å². The number of carbonyl (C=O) groups is 1. The summed E-state index contributed by atoms with van der Waals surface area (Å²) in [4.78, 5) is 21.7. The molecule has 1 aromatic carbocycles. The fourth-order valence-electron chi connectivity index (χ4n) is 1.49. The Morgan fingerprint density at radius 2 is 2.26 bits per heavy atom. The number of phenols is 1. The highest BCUT2D eigenvalue weighted by atomic mass is 16.6. The summed E-state index contributed by atoms with van der Waals surface area (Å²) in [6.45, 7) is 2.88. The van der Waals surface area contributed by atoms with E-state index in [0.29, 0.717) is 19.6 Å². The topological polar surface area (TPSA) is 102 Å². The summed E-state index contributed by atoms with van der Waals surface area (Å²) in [6.07, 6.45) is 0.687. The molecule has 0 bridgehead atoms. The van der Waals surface area contributed by atoms with Crippen LogP contribution in [-0.4, -0.2) is 29.2 Å². The predicted octanol–water partition coefficient (Wildman–Crippen LogP) is 2.06. The van der Waals surface area contributed by atoms with Gasteiger partial charge in [0.2, 0.25) is 5.91 Å². The number of amides is 1. The molecule has 0 aromatic heterocycles. The number of aromatic hydroxyl groups is 1. The number of nitro benzene ring substituents is 1. The molecule has 19 heavy (non-hydrogen) atoms. The maximum Gasteiger partial charge on any atom is 0.296 e. The van der Waals surface area contributed by atoms with E-state index in [9.17, 15) is 20.0 Å². The highest BCUT2D eigenvalue weighted by Gasteiger charge is 2.19. The number of ether oxygens (including phenoxy) is 1. The molecular weight excluding hydrogens is 252 g/mol. The first-order chi connectivity index (χ1) is 9.06. The van der Waals surface area contributed by atoms with Crippen molar-refractivity contribution in [2.24, 2.45) is 0 Å². The van der Waals surface area contributed by atoms with E-state index in [4.69, 9.17) is 4.74 Å². The van der Waals surface area contributed by atoms with E-state index >= 15 is 0 Å². The van der Waals surface area contributed by atoms with E-state index in [1.165, 1.54) is 18.2 Å². The largest absolute Gasteiger partial charge is 0.505 e. The van der Waals surface area contributed by atoms with Gasteiger partial charge in [-0.2, -0.15) is 0 Å². The van der Waals surface area contributed by atoms with Crippen molar-refractivity contribution in [2.45, 2.75) is 19.8 Å². The monoisotopic (exact) mass is 268 g/mol. The number of nitrogens with zero attached hydrogens (tertiary/aromatic N) is 1. The molecule has 0 heterocycles. The minimum Gasteiger partial charge on any atom is -0.505 e. The molecule has 0 aliphatic heterocycles. The Morgan fingerprint density at radius 1 is 1.53 bits per heavy atom. The van der Waals surface area contributed by atoms with Crippen molar-refractivity contribution in [1.29, 1.82) is 0 Å². The zero-order chi connectivity index (χ0) is 14.3. The molecule has 1 aromatic rings. The summed E-state index contributed by atoms with van der Waals surface area (Å²) in [7, 11) is 0. The van der Waals surface area contributed by atoms with Gasteiger partial charge in [-0.3, -0.25) is 14.9 Å². The molecule has 0 unspecified atom stereocenters. The van der Waals surface area contributed by atoms with Gasteiger partial charge in [0.25, 0.3) is 5.69 Å². The first kappa shape index (κ1) is 14.9. The Kier molecular flexibility index (Phi) is 5.74. The van der Waals surface area contributed by atoms with Crippen LogP contribution in [0.1, 0.15) is 19.8 Å². The minimum absolute atomic E-state index is 0.172. The molecule has 0 spiro atoms. The summed E-state index contributed by atoms with van der Waals surface area (Å²) >= 11 is 0. The van der Waals surface area contributed by atoms with Crippen LogP contribution < -0.4 is 5.32 Å². The van der Waals surface area contributed by atoms with Crippen LogP contribution in [-0.2, 0) is 9.53 Å². The number of nitrogens with one attached hydrogen (secondary N) is 1. The normalized spacial score (nSPS) is 10.2. The number of rotatable bonds is 7. The third-order valence-corrected chi connectivity index (χ3v) is 2.38. The second-order valence-electron chi connectivity index (χ2n) is 3.78. The molecule has 7 nitrogen and oxygen atoms in total. The van der Waals surface area contributed by atoms with Crippen molar-refractivity contribution < 1.29 is 19.6 Å². The molecule has 1 amide bonds. The van der Waals surface area contributed by atoms with Gasteiger partial charge in [0.15, 0.2) is 5.69 Å². The molecule has 0 aliphatic rings. The molecule has 0 aliphatic carbocycles. The van der Waals surface area contributed by atoms with Crippen LogP contribution >= 0.6 is 0 Å². The van der Waals surface area contributed by atoms with Gasteiger partial charge in [-0.15, -0.1) is 0 Å². The van der Waals surface area contributed by atoms with Crippen molar-refractivity contribution in [3.8, 4) is 5.75 Å². The van der Waals surface area contributed by atoms with E-state index in [0.717, 1.165) is 0 Å². The van der Waals surface area contributed by atoms with E-state index in [-0.39, 0.29) is 23.5 Å². The molecule has 0 radical (unpaired) electrons. The molecule has 0 saturated carbocycles. The Balaban J connectivity index is 2.66. The average molecular weight is 268 g/mol. The Morgan fingerprint density at radius 3 is 2.89 bits per heavy atom. The lowest BCUT2D eigenvalue weighted by atomic mass is 10.2. The van der Waals surface area contributed by atoms with Gasteiger partial charge in [-0.1, -0.05) is 6.07 Å². The fourth-order valence-corrected chi connectivity index (χ4v) is 1.49. The average Bonchev–Trinajstić information content (AvgIpc) is 2.37. The third-order valence-electron chi connectivity index (χ3n) is 2.38. The van der Waals surface area contributed by atoms with Gasteiger partial charge >= 0.3 is 0 Å². The van der Waals surface area contributed by atoms with Crippen molar-refractivity contribution in [3.05, 3.63) is 28.3 Å². The smallest absolute Gasteiger partial charge is 0.296 e. The van der Waals surface area contributed by atoms with Crippen LogP contribution in [0.15, 0.2) is 18.2 Å². The molecular formula is C12H16N2O5. The third kappa shape index (κ3) is 4.55. The standard InChI is InChI=1S/C12H16N2O5/c1-2-19-8-4-7-11(16)13-12-9(14(17)18)5-3-6-10(12)15/h3,5-6,15H,2,4,7-8H2,1H3,(H,13,16). The SMILES string of the molecule is CCOCCCC(=O)Nc1c(O)cccc1[N+](=O)[O-]. The highest BCUT2D eigenvalue weighted by Crippen LogP contribution is 2.33. The van der Waals surface area contributed by atoms with E-state index in [2.05, 4.69) is 5.32 Å². The first-order valence-electron chi connectivity index (χ1n) is 5.90. The van der Waals surface area contributed by atoms with E-state index < -0.39 is 10.8 Å². The molecule has 2 N–H and O–H groups in total. The maximum absolute atomic E-state index is 11.6. The van der Waals surface area contributed by atoms with Gasteiger partial charge < -0.3 is 15.2 Å². The van der Waals surface area contributed by atoms with Gasteiger partial charge in [-0.25, -0.2) is 0 Å². The van der Waals surface area contributed by atoms with Crippen molar-refractivity contribution in [3.63, 3.8) is 0 Å². The van der Waals surface area contributed by atoms with Gasteiger partial charge in [-0.05, 0) is 19.4 Å². The number of hydrogen-bond donors (Lipinski definition) is 2. The number of para-hydroxylation sites is 1. The molecule has 1 rings (SSSR count). The summed E-state index contributed by atoms with van der Waals surface area (Å²) < 4.78 is 5.08. The van der Waals surface area contributed by atoms with Crippen LogP contribution in [0.4, 0.5) is 11.4 Å². The number of benzene rings is 1. The molecule has 0 saturated heterocycles. The Bertz CT molecular complexity index is 461. The quantitative estimate of drug-likeness (QED) is 0.341. The van der Waals surface area contributed by atoms with Crippen LogP contribution in [0.3, 0.4) is 0 Å². The number of nitro groups is 1. The number of carbonyl (C=O) groups excluding carboxylic acids is 1. The predicted molar refractivity (Wildman–Crippen MR) is 69.1 cm³/mol. The van der Waals surface area contributed by atoms with E-state index in [1.807, 2.05) is 6.92 Å². The van der Waals surface area contributed by atoms with Crippen molar-refractivity contribution >= 4 is 17.3 Å². The second kappa shape index (κ2) is 7.32. The highest BCUT2D eigenvalue weighted by molar-refractivity contribution is 5.94. The molecule has 104 valence electrons. The van der Waals surface area contributed by atoms with Crippen LogP contribution in [0, 0.1) is 10.1 Å². The summed E-state index contributed by atoms with van der Waals surface area (Å²) in [5.74, 6) is -0.725. The maximum atomic E-state index is 11.6. The lowest BCUT2D eigenvalue weighted by Gasteiger charge is -2.07. The molecule has 0 fully saturated rings. The number of hydrogen-bond acceptors (Lipinski definition) is 5. The second-order valence-corrected chi connectivity index (χ2v) is 3.78. The number of anilines is 1. The van der Waals surface area contributed by atoms with E-state index in [1.54, 1.807) is 0 Å². The minimum atomic E-state index is -0.657. The van der Waals surface area contributed by atoms with Gasteiger partial charge in [0.05, 0.1) is 4.92 Å². The van der Waals surface area contributed by atoms with Crippen LogP contribution in [0.5, 0.6) is 5.75 Å². The summed E-state index contributed by atoms with van der Waals surface area (Å²) in [5.41, 5.74) is -0.507. The Labute approximate surface area is 110 Å². The van der Waals surface area contributed by atoms with Crippen LogP contribution in [0.25, 0.3) is 0 Å². The van der Waals surface area contributed by atoms with Gasteiger partial charge in [0, 0.05) is 25.7 Å². The summed E-state index contributed by atoms with van der Waals surface area (Å²) in [6, 6.07) is 3.84. The van der Waals surface area contributed by atoms with Crippen molar-refractivity contribution in [2.75, 3.05) is 18.5 Å². The number of phenolic OH excluding ortho intramolecular Hbond substituents is 1.